The number of nitrogens with one attached hydrogen (secondary N) is 1. The van der Waals surface area contributed by atoms with Crippen LogP contribution in [0.3, 0.4) is 0 Å². The van der Waals surface area contributed by atoms with Gasteiger partial charge in [0.2, 0.25) is 0 Å². The lowest BCUT2D eigenvalue weighted by Gasteiger charge is -2.23. The molecule has 6 nitrogen and oxygen atoms in total. The normalized spacial score (nSPS) is 16.0. The fourth-order valence-electron chi connectivity index (χ4n) is 4.11. The molecule has 5 rings (SSSR count). The predicted octanol–water partition coefficient (Wildman–Crippen LogP) is 3.76. The van der Waals surface area contributed by atoms with Gasteiger partial charge in [-0.3, -0.25) is 9.36 Å². The lowest BCUT2D eigenvalue weighted by Crippen LogP contribution is -2.33. The fourth-order valence-corrected chi connectivity index (χ4v) is 5.37. The summed E-state index contributed by atoms with van der Waals surface area (Å²) in [6.45, 7) is 1.21. The van der Waals surface area contributed by atoms with Gasteiger partial charge in [0.05, 0.1) is 38.2 Å². The Kier molecular flexibility index (Phi) is 5.14. The Labute approximate surface area is 178 Å². The molecule has 0 radical (unpaired) electrons. The van der Waals surface area contributed by atoms with Crippen molar-refractivity contribution in [3.63, 3.8) is 0 Å². The summed E-state index contributed by atoms with van der Waals surface area (Å²) in [7, 11) is 1.65. The van der Waals surface area contributed by atoms with Crippen molar-refractivity contribution in [3.8, 4) is 5.75 Å². The zero-order valence-electron chi connectivity index (χ0n) is 16.8. The van der Waals surface area contributed by atoms with E-state index in [-0.39, 0.29) is 5.56 Å². The maximum Gasteiger partial charge on any atom is 0.262 e. The average Bonchev–Trinajstić information content (AvgIpc) is 3.42. The summed E-state index contributed by atoms with van der Waals surface area (Å²) in [5, 5.41) is 4.37. The molecule has 0 amide bonds. The van der Waals surface area contributed by atoms with Crippen molar-refractivity contribution in [2.45, 2.75) is 38.4 Å². The van der Waals surface area contributed by atoms with Crippen LogP contribution in [-0.2, 0) is 25.9 Å². The molecule has 3 heterocycles. The summed E-state index contributed by atoms with van der Waals surface area (Å²) in [5.41, 5.74) is 2.25. The minimum absolute atomic E-state index is 0.0438. The van der Waals surface area contributed by atoms with Crippen molar-refractivity contribution >= 4 is 21.6 Å². The summed E-state index contributed by atoms with van der Waals surface area (Å²) in [4.78, 5) is 20.0. The monoisotopic (exact) mass is 421 g/mol. The van der Waals surface area contributed by atoms with Crippen molar-refractivity contribution < 1.29 is 9.15 Å². The number of thiophene rings is 1. The highest BCUT2D eigenvalue weighted by Gasteiger charge is 2.25. The van der Waals surface area contributed by atoms with Gasteiger partial charge in [0.1, 0.15) is 16.3 Å². The van der Waals surface area contributed by atoms with E-state index in [1.54, 1.807) is 35.6 Å². The van der Waals surface area contributed by atoms with Gasteiger partial charge in [-0.1, -0.05) is 12.1 Å². The van der Waals surface area contributed by atoms with E-state index in [4.69, 9.17) is 9.15 Å². The molecular weight excluding hydrogens is 398 g/mol. The molecule has 1 aromatic carbocycles. The van der Waals surface area contributed by atoms with E-state index in [2.05, 4.69) is 10.3 Å². The molecule has 1 unspecified atom stereocenters. The predicted molar refractivity (Wildman–Crippen MR) is 117 cm³/mol. The first-order valence-corrected chi connectivity index (χ1v) is 10.9. The zero-order chi connectivity index (χ0) is 20.5. The highest BCUT2D eigenvalue weighted by Crippen LogP contribution is 2.33. The second-order valence-corrected chi connectivity index (χ2v) is 8.70. The molecule has 0 spiro atoms. The second-order valence-electron chi connectivity index (χ2n) is 7.61. The third kappa shape index (κ3) is 3.66. The van der Waals surface area contributed by atoms with Crippen LogP contribution >= 0.6 is 11.3 Å². The molecule has 30 heavy (non-hydrogen) atoms. The van der Waals surface area contributed by atoms with Crippen LogP contribution in [0.4, 0.5) is 0 Å². The number of methoxy groups -OCH3 is 1. The van der Waals surface area contributed by atoms with E-state index in [9.17, 15) is 4.79 Å². The molecule has 0 fully saturated rings. The third-order valence-electron chi connectivity index (χ3n) is 5.67. The van der Waals surface area contributed by atoms with Crippen molar-refractivity contribution in [1.82, 2.24) is 14.9 Å². The SMILES string of the molecule is COc1cccc(Cn2cnc3sc4c(c3c2=O)CCC(NCc2ccco2)C4)c1. The molecular formula is C23H23N3O3S. The first-order valence-electron chi connectivity index (χ1n) is 10.1. The molecule has 1 N–H and O–H groups in total. The Morgan fingerprint density at radius 3 is 3.10 bits per heavy atom. The number of fused-ring (bicyclic) bond motifs is 3. The number of aryl methyl sites for hydroxylation is 1. The summed E-state index contributed by atoms with van der Waals surface area (Å²) in [5.74, 6) is 1.73. The largest absolute Gasteiger partial charge is 0.497 e. The van der Waals surface area contributed by atoms with E-state index in [0.717, 1.165) is 53.1 Å². The van der Waals surface area contributed by atoms with Gasteiger partial charge in [-0.15, -0.1) is 11.3 Å². The Hall–Kier alpha value is -2.90. The summed E-state index contributed by atoms with van der Waals surface area (Å²) < 4.78 is 12.4. The van der Waals surface area contributed by atoms with Crippen LogP contribution in [0.25, 0.3) is 10.2 Å². The van der Waals surface area contributed by atoms with Crippen LogP contribution in [0.5, 0.6) is 5.75 Å². The molecule has 0 saturated heterocycles. The third-order valence-corrected chi connectivity index (χ3v) is 6.83. The van der Waals surface area contributed by atoms with E-state index >= 15 is 0 Å². The Morgan fingerprint density at radius 2 is 2.27 bits per heavy atom. The molecule has 7 heteroatoms. The highest BCUT2D eigenvalue weighted by atomic mass is 32.1. The van der Waals surface area contributed by atoms with Crippen LogP contribution in [0, 0.1) is 0 Å². The Morgan fingerprint density at radius 1 is 1.33 bits per heavy atom. The first kappa shape index (κ1) is 19.1. The fraction of sp³-hybridized carbons (Fsp3) is 0.304. The van der Waals surface area contributed by atoms with E-state index < -0.39 is 0 Å². The van der Waals surface area contributed by atoms with Crippen LogP contribution in [0.15, 0.2) is 58.2 Å². The van der Waals surface area contributed by atoms with Crippen LogP contribution in [-0.4, -0.2) is 22.7 Å². The van der Waals surface area contributed by atoms with Gasteiger partial charge in [-0.2, -0.15) is 0 Å². The minimum Gasteiger partial charge on any atom is -0.497 e. The minimum atomic E-state index is 0.0438. The number of nitrogens with zero attached hydrogens (tertiary/aromatic N) is 2. The van der Waals surface area contributed by atoms with Gasteiger partial charge in [0.25, 0.3) is 5.56 Å². The van der Waals surface area contributed by atoms with Crippen LogP contribution in [0.1, 0.15) is 28.2 Å². The standard InChI is InChI=1S/C23H23N3O3S/c1-28-17-5-2-4-15(10-17)13-26-14-25-22-21(23(26)27)19-8-7-16(11-20(19)30-22)24-12-18-6-3-9-29-18/h2-6,9-10,14,16,24H,7-8,11-13H2,1H3. The highest BCUT2D eigenvalue weighted by molar-refractivity contribution is 7.18. The maximum atomic E-state index is 13.3. The van der Waals surface area contributed by atoms with Crippen molar-refractivity contribution in [2.75, 3.05) is 7.11 Å². The van der Waals surface area contributed by atoms with Gasteiger partial charge in [-0.25, -0.2) is 4.98 Å². The molecule has 1 aliphatic carbocycles. The molecule has 154 valence electrons. The summed E-state index contributed by atoms with van der Waals surface area (Å²) >= 11 is 1.65. The van der Waals surface area contributed by atoms with E-state index in [0.29, 0.717) is 12.6 Å². The first-order chi connectivity index (χ1) is 14.7. The number of benzene rings is 1. The van der Waals surface area contributed by atoms with Gasteiger partial charge < -0.3 is 14.5 Å². The number of rotatable bonds is 6. The van der Waals surface area contributed by atoms with Gasteiger partial charge in [0.15, 0.2) is 0 Å². The topological polar surface area (TPSA) is 69.3 Å². The van der Waals surface area contributed by atoms with E-state index in [1.807, 2.05) is 36.4 Å². The molecule has 0 aliphatic heterocycles. The van der Waals surface area contributed by atoms with Crippen molar-refractivity contribution in [2.24, 2.45) is 0 Å². The summed E-state index contributed by atoms with van der Waals surface area (Å²) in [6.07, 6.45) is 6.18. The molecule has 0 saturated carbocycles. The van der Waals surface area contributed by atoms with Gasteiger partial charge >= 0.3 is 0 Å². The smallest absolute Gasteiger partial charge is 0.262 e. The molecule has 4 aromatic rings. The number of furan rings is 1. The van der Waals surface area contributed by atoms with Crippen molar-refractivity contribution in [3.05, 3.63) is 81.1 Å². The number of hydrogen-bond donors (Lipinski definition) is 1. The van der Waals surface area contributed by atoms with Gasteiger partial charge in [-0.05, 0) is 54.7 Å². The van der Waals surface area contributed by atoms with Crippen LogP contribution < -0.4 is 15.6 Å². The molecule has 1 atom stereocenters. The molecule has 0 bridgehead atoms. The second kappa shape index (κ2) is 8.08. The lowest BCUT2D eigenvalue weighted by atomic mass is 9.93. The number of aromatic nitrogens is 2. The zero-order valence-corrected chi connectivity index (χ0v) is 17.6. The Balaban J connectivity index is 1.39. The summed E-state index contributed by atoms with van der Waals surface area (Å²) in [6, 6.07) is 12.1. The number of ether oxygens (including phenoxy) is 1. The van der Waals surface area contributed by atoms with Crippen LogP contribution in [0.2, 0.25) is 0 Å². The van der Waals surface area contributed by atoms with Gasteiger partial charge in [0, 0.05) is 10.9 Å². The molecule has 3 aromatic heterocycles. The lowest BCUT2D eigenvalue weighted by molar-refractivity contribution is 0.414. The maximum absolute atomic E-state index is 13.3. The van der Waals surface area contributed by atoms with Crippen molar-refractivity contribution in [1.29, 1.82) is 0 Å². The average molecular weight is 422 g/mol. The number of hydrogen-bond acceptors (Lipinski definition) is 6. The van der Waals surface area contributed by atoms with E-state index in [1.165, 1.54) is 10.4 Å². The quantitative estimate of drug-likeness (QED) is 0.513. The molecule has 1 aliphatic rings. The Bertz CT molecular complexity index is 1230.